The third-order valence-electron chi connectivity index (χ3n) is 2.85. The second-order valence-electron chi connectivity index (χ2n) is 4.18. The number of nitro groups is 1. The molecule has 7 heteroatoms. The second-order valence-corrected chi connectivity index (χ2v) is 5.04. The summed E-state index contributed by atoms with van der Waals surface area (Å²) in [5.41, 5.74) is 0.967. The van der Waals surface area contributed by atoms with Gasteiger partial charge < -0.3 is 10.1 Å². The van der Waals surface area contributed by atoms with Crippen LogP contribution in [0.15, 0.2) is 40.9 Å². The van der Waals surface area contributed by atoms with Gasteiger partial charge in [-0.2, -0.15) is 0 Å². The van der Waals surface area contributed by atoms with Crippen LogP contribution in [0.3, 0.4) is 0 Å². The molecule has 2 aromatic carbocycles. The Morgan fingerprint density at radius 3 is 2.81 bits per heavy atom. The smallest absolute Gasteiger partial charge is 0.292 e. The molecule has 110 valence electrons. The van der Waals surface area contributed by atoms with E-state index in [1.807, 2.05) is 0 Å². The van der Waals surface area contributed by atoms with E-state index in [2.05, 4.69) is 21.2 Å². The van der Waals surface area contributed by atoms with Gasteiger partial charge in [-0.1, -0.05) is 12.1 Å². The van der Waals surface area contributed by atoms with Crippen LogP contribution in [0.4, 0.5) is 15.8 Å². The van der Waals surface area contributed by atoms with E-state index >= 15 is 0 Å². The van der Waals surface area contributed by atoms with Crippen molar-refractivity contribution in [3.8, 4) is 5.75 Å². The first-order chi connectivity index (χ1) is 10.0. The zero-order chi connectivity index (χ0) is 15.4. The van der Waals surface area contributed by atoms with Crippen LogP contribution < -0.4 is 10.1 Å². The number of hydrogen-bond donors (Lipinski definition) is 1. The molecule has 2 rings (SSSR count). The van der Waals surface area contributed by atoms with Gasteiger partial charge in [0.15, 0.2) is 0 Å². The number of ether oxygens (including phenoxy) is 1. The van der Waals surface area contributed by atoms with Crippen molar-refractivity contribution in [3.63, 3.8) is 0 Å². The standard InChI is InChI=1S/C14H12BrFN2O3/c1-17-14-9(3-2-4-12(14)18(19)20)8-21-13-7-10(16)5-6-11(13)15/h2-7,17H,8H2,1H3. The second kappa shape index (κ2) is 6.53. The topological polar surface area (TPSA) is 64.4 Å². The number of benzene rings is 2. The van der Waals surface area contributed by atoms with Crippen molar-refractivity contribution >= 4 is 27.3 Å². The maximum atomic E-state index is 13.2. The number of hydrogen-bond acceptors (Lipinski definition) is 4. The third-order valence-corrected chi connectivity index (χ3v) is 3.51. The summed E-state index contributed by atoms with van der Waals surface area (Å²) in [7, 11) is 1.60. The molecule has 0 aliphatic carbocycles. The minimum absolute atomic E-state index is 0.0306. The summed E-state index contributed by atoms with van der Waals surface area (Å²) < 4.78 is 19.3. The zero-order valence-corrected chi connectivity index (χ0v) is 12.7. The molecular weight excluding hydrogens is 343 g/mol. The van der Waals surface area contributed by atoms with Crippen LogP contribution in [0.2, 0.25) is 0 Å². The van der Waals surface area contributed by atoms with Crippen LogP contribution in [-0.2, 0) is 6.61 Å². The van der Waals surface area contributed by atoms with Gasteiger partial charge in [-0.15, -0.1) is 0 Å². The number of anilines is 1. The molecule has 0 unspecified atom stereocenters. The number of nitrogens with one attached hydrogen (secondary N) is 1. The molecular formula is C14H12BrFN2O3. The first-order valence-corrected chi connectivity index (χ1v) is 6.84. The van der Waals surface area contributed by atoms with Crippen LogP contribution in [-0.4, -0.2) is 12.0 Å². The summed E-state index contributed by atoms with van der Waals surface area (Å²) in [6.07, 6.45) is 0. The Balaban J connectivity index is 2.26. The van der Waals surface area contributed by atoms with Crippen molar-refractivity contribution in [2.45, 2.75) is 6.61 Å². The van der Waals surface area contributed by atoms with Gasteiger partial charge in [-0.3, -0.25) is 10.1 Å². The highest BCUT2D eigenvalue weighted by atomic mass is 79.9. The monoisotopic (exact) mass is 354 g/mol. The first kappa shape index (κ1) is 15.2. The molecule has 2 aromatic rings. The molecule has 0 aromatic heterocycles. The fraction of sp³-hybridized carbons (Fsp3) is 0.143. The van der Waals surface area contributed by atoms with E-state index in [1.165, 1.54) is 24.3 Å². The van der Waals surface area contributed by atoms with Crippen molar-refractivity contribution < 1.29 is 14.1 Å². The predicted molar refractivity (Wildman–Crippen MR) is 81.1 cm³/mol. The van der Waals surface area contributed by atoms with E-state index in [0.717, 1.165) is 0 Å². The molecule has 5 nitrogen and oxygen atoms in total. The maximum Gasteiger partial charge on any atom is 0.292 e. The summed E-state index contributed by atoms with van der Waals surface area (Å²) in [6, 6.07) is 8.80. The van der Waals surface area contributed by atoms with E-state index < -0.39 is 10.7 Å². The van der Waals surface area contributed by atoms with Crippen molar-refractivity contribution in [1.82, 2.24) is 0 Å². The summed E-state index contributed by atoms with van der Waals surface area (Å²) in [5, 5.41) is 13.8. The van der Waals surface area contributed by atoms with Crippen LogP contribution >= 0.6 is 15.9 Å². The highest BCUT2D eigenvalue weighted by Crippen LogP contribution is 2.30. The highest BCUT2D eigenvalue weighted by Gasteiger charge is 2.16. The van der Waals surface area contributed by atoms with E-state index in [9.17, 15) is 14.5 Å². The molecule has 0 spiro atoms. The Hall–Kier alpha value is -2.15. The normalized spacial score (nSPS) is 10.2. The summed E-state index contributed by atoms with van der Waals surface area (Å²) in [5.74, 6) is -0.0790. The predicted octanol–water partition coefficient (Wildman–Crippen LogP) is 4.12. The number of nitrogens with zero attached hydrogens (tertiary/aromatic N) is 1. The van der Waals surface area contributed by atoms with Crippen molar-refractivity contribution in [1.29, 1.82) is 0 Å². The highest BCUT2D eigenvalue weighted by molar-refractivity contribution is 9.10. The molecule has 1 N–H and O–H groups in total. The van der Waals surface area contributed by atoms with Gasteiger partial charge in [0.2, 0.25) is 0 Å². The molecule has 0 amide bonds. The van der Waals surface area contributed by atoms with Crippen LogP contribution in [0.25, 0.3) is 0 Å². The Morgan fingerprint density at radius 1 is 1.38 bits per heavy atom. The number of rotatable bonds is 5. The lowest BCUT2D eigenvalue weighted by molar-refractivity contribution is -0.384. The molecule has 0 saturated heterocycles. The Morgan fingerprint density at radius 2 is 2.14 bits per heavy atom. The van der Waals surface area contributed by atoms with E-state index in [1.54, 1.807) is 19.2 Å². The van der Waals surface area contributed by atoms with Gasteiger partial charge in [0.05, 0.1) is 9.40 Å². The molecule has 0 atom stereocenters. The van der Waals surface area contributed by atoms with Gasteiger partial charge in [0.1, 0.15) is 23.9 Å². The lowest BCUT2D eigenvalue weighted by atomic mass is 10.1. The molecule has 0 bridgehead atoms. The molecule has 0 aliphatic heterocycles. The van der Waals surface area contributed by atoms with Gasteiger partial charge in [-0.25, -0.2) is 4.39 Å². The fourth-order valence-corrected chi connectivity index (χ4v) is 2.25. The first-order valence-electron chi connectivity index (χ1n) is 6.05. The summed E-state index contributed by atoms with van der Waals surface area (Å²) >= 11 is 3.26. The van der Waals surface area contributed by atoms with Crippen molar-refractivity contribution in [2.24, 2.45) is 0 Å². The van der Waals surface area contributed by atoms with Gasteiger partial charge in [0, 0.05) is 24.7 Å². The number of halogens is 2. The third kappa shape index (κ3) is 3.49. The van der Waals surface area contributed by atoms with Gasteiger partial charge >= 0.3 is 0 Å². The average molecular weight is 355 g/mol. The quantitative estimate of drug-likeness (QED) is 0.647. The Bertz CT molecular complexity index is 679. The van der Waals surface area contributed by atoms with Crippen LogP contribution in [0.1, 0.15) is 5.56 Å². The van der Waals surface area contributed by atoms with Gasteiger partial charge in [-0.05, 0) is 28.1 Å². The van der Waals surface area contributed by atoms with E-state index in [0.29, 0.717) is 21.5 Å². The Labute approximate surface area is 129 Å². The van der Waals surface area contributed by atoms with Gasteiger partial charge in [0.25, 0.3) is 5.69 Å². The molecule has 0 heterocycles. The van der Waals surface area contributed by atoms with Crippen molar-refractivity contribution in [2.75, 3.05) is 12.4 Å². The van der Waals surface area contributed by atoms with Crippen LogP contribution in [0, 0.1) is 15.9 Å². The SMILES string of the molecule is CNc1c(COc2cc(F)ccc2Br)cccc1[N+](=O)[O-]. The average Bonchev–Trinajstić information content (AvgIpc) is 2.47. The van der Waals surface area contributed by atoms with E-state index in [4.69, 9.17) is 4.74 Å². The summed E-state index contributed by atoms with van der Waals surface area (Å²) in [4.78, 5) is 10.5. The van der Waals surface area contributed by atoms with Crippen molar-refractivity contribution in [3.05, 3.63) is 62.4 Å². The molecule has 0 fully saturated rings. The Kier molecular flexibility index (Phi) is 4.74. The zero-order valence-electron chi connectivity index (χ0n) is 11.1. The number of nitro benzene ring substituents is 1. The van der Waals surface area contributed by atoms with E-state index in [-0.39, 0.29) is 12.3 Å². The molecule has 0 aliphatic rings. The lowest BCUT2D eigenvalue weighted by Crippen LogP contribution is -2.04. The number of para-hydroxylation sites is 1. The maximum absolute atomic E-state index is 13.2. The largest absolute Gasteiger partial charge is 0.488 e. The molecule has 0 saturated carbocycles. The van der Waals surface area contributed by atoms with Crippen LogP contribution in [0.5, 0.6) is 5.75 Å². The fourth-order valence-electron chi connectivity index (χ4n) is 1.89. The molecule has 0 radical (unpaired) electrons. The lowest BCUT2D eigenvalue weighted by Gasteiger charge is -2.12. The minimum Gasteiger partial charge on any atom is -0.488 e. The summed E-state index contributed by atoms with van der Waals surface area (Å²) in [6.45, 7) is 0.0832. The minimum atomic E-state index is -0.465. The molecule has 21 heavy (non-hydrogen) atoms.